The van der Waals surface area contributed by atoms with E-state index in [4.69, 9.17) is 10.5 Å². The number of ether oxygens (including phenoxy) is 1. The standard InChI is InChI=1S/C23H24N4O2S/c1-16(18-8-5-9-19(14-18)21(28)17-6-3-2-4-7-17)20-15-25-23(30-20)26-22(24)27-10-12-29-13-11-27/h2-9,14-16H,10-13H2,1H3,(H2,24,25,26). The van der Waals surface area contributed by atoms with E-state index in [1.807, 2.05) is 65.7 Å². The number of carbonyl (C=O) groups excluding carboxylic acids is 1. The highest BCUT2D eigenvalue weighted by atomic mass is 32.1. The van der Waals surface area contributed by atoms with Gasteiger partial charge in [0.1, 0.15) is 0 Å². The molecule has 1 aliphatic heterocycles. The van der Waals surface area contributed by atoms with E-state index in [-0.39, 0.29) is 11.7 Å². The zero-order chi connectivity index (χ0) is 20.9. The molecule has 154 valence electrons. The van der Waals surface area contributed by atoms with Gasteiger partial charge in [0.15, 0.2) is 11.7 Å². The first-order valence-corrected chi connectivity index (χ1v) is 10.8. The van der Waals surface area contributed by atoms with Crippen molar-refractivity contribution in [3.8, 4) is 0 Å². The van der Waals surface area contributed by atoms with Gasteiger partial charge in [-0.3, -0.25) is 4.79 Å². The molecule has 0 aliphatic carbocycles. The first kappa shape index (κ1) is 20.3. The number of carbonyl (C=O) groups is 1. The fourth-order valence-electron chi connectivity index (χ4n) is 3.36. The van der Waals surface area contributed by atoms with Crippen molar-refractivity contribution in [3.63, 3.8) is 0 Å². The van der Waals surface area contributed by atoms with Crippen LogP contribution in [0.3, 0.4) is 0 Å². The number of rotatable bonds is 5. The average Bonchev–Trinajstić information content (AvgIpc) is 3.27. The second kappa shape index (κ2) is 9.19. The van der Waals surface area contributed by atoms with Gasteiger partial charge in [0.2, 0.25) is 5.13 Å². The smallest absolute Gasteiger partial charge is 0.212 e. The maximum absolute atomic E-state index is 12.8. The van der Waals surface area contributed by atoms with Crippen molar-refractivity contribution in [2.24, 2.45) is 10.7 Å². The lowest BCUT2D eigenvalue weighted by atomic mass is 9.95. The molecule has 0 amide bonds. The molecule has 7 heteroatoms. The summed E-state index contributed by atoms with van der Waals surface area (Å²) < 4.78 is 5.35. The topological polar surface area (TPSA) is 80.8 Å². The number of aliphatic imine (C=N–C) groups is 1. The lowest BCUT2D eigenvalue weighted by Crippen LogP contribution is -2.44. The normalized spacial score (nSPS) is 15.8. The zero-order valence-corrected chi connectivity index (χ0v) is 17.6. The summed E-state index contributed by atoms with van der Waals surface area (Å²) in [6.45, 7) is 4.92. The monoisotopic (exact) mass is 420 g/mol. The SMILES string of the molecule is CC(c1cccc(C(=O)c2ccccc2)c1)c1cnc(N=C(N)N2CCOCC2)s1. The molecule has 1 atom stereocenters. The number of ketones is 1. The van der Waals surface area contributed by atoms with Crippen LogP contribution in [0.2, 0.25) is 0 Å². The second-order valence-corrected chi connectivity index (χ2v) is 8.20. The summed E-state index contributed by atoms with van der Waals surface area (Å²) in [6.07, 6.45) is 1.84. The molecule has 3 aromatic rings. The molecule has 2 aromatic carbocycles. The highest BCUT2D eigenvalue weighted by Gasteiger charge is 2.17. The Hall–Kier alpha value is -3.03. The number of nitrogens with two attached hydrogens (primary N) is 1. The summed E-state index contributed by atoms with van der Waals surface area (Å²) in [4.78, 5) is 24.8. The third-order valence-electron chi connectivity index (χ3n) is 5.17. The number of thiazole rings is 1. The third-order valence-corrected chi connectivity index (χ3v) is 6.24. The zero-order valence-electron chi connectivity index (χ0n) is 16.8. The van der Waals surface area contributed by atoms with Crippen LogP contribution in [0.5, 0.6) is 0 Å². The number of hydrogen-bond acceptors (Lipinski definition) is 5. The summed E-state index contributed by atoms with van der Waals surface area (Å²) in [5, 5.41) is 0.636. The molecule has 1 aliphatic rings. The molecule has 1 aromatic heterocycles. The van der Waals surface area contributed by atoms with Gasteiger partial charge in [-0.05, 0) is 11.6 Å². The van der Waals surface area contributed by atoms with Crippen molar-refractivity contribution in [3.05, 3.63) is 82.4 Å². The molecular formula is C23H24N4O2S. The van der Waals surface area contributed by atoms with Crippen molar-refractivity contribution in [1.29, 1.82) is 0 Å². The van der Waals surface area contributed by atoms with E-state index in [1.165, 1.54) is 11.3 Å². The number of morpholine rings is 1. The molecule has 1 unspecified atom stereocenters. The third kappa shape index (κ3) is 4.58. The lowest BCUT2D eigenvalue weighted by Gasteiger charge is -2.27. The summed E-state index contributed by atoms with van der Waals surface area (Å²) in [7, 11) is 0. The Morgan fingerprint density at radius 2 is 1.87 bits per heavy atom. The van der Waals surface area contributed by atoms with Gasteiger partial charge in [0, 0.05) is 41.2 Å². The predicted molar refractivity (Wildman–Crippen MR) is 120 cm³/mol. The first-order chi connectivity index (χ1) is 14.6. The fourth-order valence-corrected chi connectivity index (χ4v) is 4.23. The molecule has 1 fully saturated rings. The van der Waals surface area contributed by atoms with Crippen LogP contribution in [0, 0.1) is 0 Å². The van der Waals surface area contributed by atoms with Gasteiger partial charge in [-0.25, -0.2) is 4.98 Å². The van der Waals surface area contributed by atoms with E-state index in [9.17, 15) is 4.79 Å². The van der Waals surface area contributed by atoms with Gasteiger partial charge >= 0.3 is 0 Å². The van der Waals surface area contributed by atoms with Gasteiger partial charge in [0.05, 0.1) is 13.2 Å². The van der Waals surface area contributed by atoms with Crippen LogP contribution in [0.25, 0.3) is 0 Å². The van der Waals surface area contributed by atoms with Gasteiger partial charge in [0.25, 0.3) is 0 Å². The number of guanidine groups is 1. The van der Waals surface area contributed by atoms with E-state index >= 15 is 0 Å². The molecule has 30 heavy (non-hydrogen) atoms. The van der Waals surface area contributed by atoms with Crippen molar-refractivity contribution in [2.75, 3.05) is 26.3 Å². The predicted octanol–water partition coefficient (Wildman–Crippen LogP) is 3.80. The highest BCUT2D eigenvalue weighted by Crippen LogP contribution is 2.32. The highest BCUT2D eigenvalue weighted by molar-refractivity contribution is 7.15. The Morgan fingerprint density at radius 1 is 1.13 bits per heavy atom. The minimum atomic E-state index is 0.0255. The molecule has 0 saturated carbocycles. The lowest BCUT2D eigenvalue weighted by molar-refractivity contribution is 0.0675. The maximum atomic E-state index is 12.8. The van der Waals surface area contributed by atoms with E-state index in [0.717, 1.165) is 23.5 Å². The first-order valence-electron chi connectivity index (χ1n) is 9.94. The number of hydrogen-bond donors (Lipinski definition) is 1. The van der Waals surface area contributed by atoms with Crippen molar-refractivity contribution < 1.29 is 9.53 Å². The Kier molecular flexibility index (Phi) is 6.21. The van der Waals surface area contributed by atoms with Gasteiger partial charge in [-0.2, -0.15) is 4.99 Å². The van der Waals surface area contributed by atoms with Crippen molar-refractivity contribution >= 4 is 28.2 Å². The molecule has 0 radical (unpaired) electrons. The molecule has 4 rings (SSSR count). The van der Waals surface area contributed by atoms with Crippen LogP contribution in [0.1, 0.15) is 39.2 Å². The van der Waals surface area contributed by atoms with Gasteiger partial charge in [-0.1, -0.05) is 66.8 Å². The fraction of sp³-hybridized carbons (Fsp3) is 0.261. The average molecular weight is 421 g/mol. The van der Waals surface area contributed by atoms with Crippen LogP contribution in [0.15, 0.2) is 65.8 Å². The summed E-state index contributed by atoms with van der Waals surface area (Å²) in [6, 6.07) is 17.1. The van der Waals surface area contributed by atoms with Gasteiger partial charge in [-0.15, -0.1) is 0 Å². The van der Waals surface area contributed by atoms with Crippen LogP contribution < -0.4 is 5.73 Å². The minimum absolute atomic E-state index is 0.0255. The van der Waals surface area contributed by atoms with Crippen molar-refractivity contribution in [2.45, 2.75) is 12.8 Å². The summed E-state index contributed by atoms with van der Waals surface area (Å²) in [5.41, 5.74) is 8.58. The van der Waals surface area contributed by atoms with E-state index in [2.05, 4.69) is 16.9 Å². The molecule has 2 N–H and O–H groups in total. The van der Waals surface area contributed by atoms with Crippen LogP contribution in [-0.2, 0) is 4.74 Å². The van der Waals surface area contributed by atoms with E-state index < -0.39 is 0 Å². The molecule has 0 spiro atoms. The summed E-state index contributed by atoms with van der Waals surface area (Å²) in [5.74, 6) is 0.597. The minimum Gasteiger partial charge on any atom is -0.378 e. The van der Waals surface area contributed by atoms with Crippen LogP contribution in [0.4, 0.5) is 5.13 Å². The summed E-state index contributed by atoms with van der Waals surface area (Å²) >= 11 is 1.52. The van der Waals surface area contributed by atoms with Crippen LogP contribution in [-0.4, -0.2) is 47.9 Å². The Morgan fingerprint density at radius 3 is 2.63 bits per heavy atom. The molecule has 0 bridgehead atoms. The molecule has 6 nitrogen and oxygen atoms in total. The van der Waals surface area contributed by atoms with Crippen molar-refractivity contribution in [1.82, 2.24) is 9.88 Å². The number of aromatic nitrogens is 1. The Balaban J connectivity index is 1.51. The Bertz CT molecular complexity index is 1040. The van der Waals surface area contributed by atoms with Crippen LogP contribution >= 0.6 is 11.3 Å². The quantitative estimate of drug-likeness (QED) is 0.386. The molecule has 2 heterocycles. The molecular weight excluding hydrogens is 396 g/mol. The number of benzene rings is 2. The van der Waals surface area contributed by atoms with E-state index in [0.29, 0.717) is 35.4 Å². The Labute approximate surface area is 180 Å². The largest absolute Gasteiger partial charge is 0.378 e. The maximum Gasteiger partial charge on any atom is 0.212 e. The van der Waals surface area contributed by atoms with E-state index in [1.54, 1.807) is 0 Å². The number of nitrogens with zero attached hydrogens (tertiary/aromatic N) is 3. The molecule has 1 saturated heterocycles. The van der Waals surface area contributed by atoms with Gasteiger partial charge < -0.3 is 15.4 Å². The second-order valence-electron chi connectivity index (χ2n) is 7.16.